The monoisotopic (exact) mass is 180 g/mol. The van der Waals surface area contributed by atoms with E-state index in [0.29, 0.717) is 11.2 Å². The van der Waals surface area contributed by atoms with Crippen molar-refractivity contribution in [2.75, 3.05) is 0 Å². The van der Waals surface area contributed by atoms with Gasteiger partial charge in [-0.05, 0) is 9.91 Å². The van der Waals surface area contributed by atoms with Crippen molar-refractivity contribution in [1.29, 1.82) is 0 Å². The van der Waals surface area contributed by atoms with Gasteiger partial charge in [0.1, 0.15) is 0 Å². The average molecular weight is 180 g/mol. The molecule has 2 aromatic heterocycles. The van der Waals surface area contributed by atoms with Crippen LogP contribution in [0, 0.1) is 17.0 Å². The average Bonchev–Trinajstić information content (AvgIpc) is 2.42. The number of nitrogens with zero attached hydrogens (tertiary/aromatic N) is 3. The minimum atomic E-state index is -0.629. The molecule has 0 radical (unpaired) electrons. The van der Waals surface area contributed by atoms with E-state index < -0.39 is 10.9 Å². The molecule has 2 N–H and O–H groups in total. The van der Waals surface area contributed by atoms with Crippen LogP contribution in [0.5, 0.6) is 0 Å². The van der Waals surface area contributed by atoms with Crippen molar-refractivity contribution in [3.63, 3.8) is 0 Å². The summed E-state index contributed by atoms with van der Waals surface area (Å²) in [5, 5.41) is 10.3. The van der Waals surface area contributed by atoms with E-state index in [1.807, 2.05) is 0 Å². The van der Waals surface area contributed by atoms with Crippen molar-refractivity contribution < 1.29 is 9.91 Å². The summed E-state index contributed by atoms with van der Waals surface area (Å²) in [5.41, 5.74) is 1.10. The van der Waals surface area contributed by atoms with Gasteiger partial charge in [0, 0.05) is 6.92 Å². The molecule has 0 bridgehead atoms. The molecule has 7 heteroatoms. The van der Waals surface area contributed by atoms with Crippen LogP contribution < -0.4 is 4.98 Å². The van der Waals surface area contributed by atoms with Crippen LogP contribution in [0.4, 0.5) is 5.95 Å². The van der Waals surface area contributed by atoms with E-state index in [2.05, 4.69) is 19.9 Å². The molecule has 2 aromatic rings. The van der Waals surface area contributed by atoms with Crippen LogP contribution in [0.15, 0.2) is 6.20 Å². The highest BCUT2D eigenvalue weighted by molar-refractivity contribution is 5.65. The van der Waals surface area contributed by atoms with E-state index >= 15 is 0 Å². The van der Waals surface area contributed by atoms with E-state index in [1.165, 1.54) is 6.20 Å². The number of hydrogen-bond donors (Lipinski definition) is 1. The highest BCUT2D eigenvalue weighted by atomic mass is 16.6. The van der Waals surface area contributed by atoms with Crippen LogP contribution in [-0.4, -0.2) is 19.9 Å². The van der Waals surface area contributed by atoms with Crippen LogP contribution in [0.2, 0.25) is 0 Å². The maximum Gasteiger partial charge on any atom is 0.472 e. The number of hydrogen-bond acceptors (Lipinski definition) is 4. The quantitative estimate of drug-likeness (QED) is 0.492. The first-order chi connectivity index (χ1) is 6.16. The molecule has 0 fully saturated rings. The summed E-state index contributed by atoms with van der Waals surface area (Å²) >= 11 is 0. The van der Waals surface area contributed by atoms with E-state index in [9.17, 15) is 10.1 Å². The first-order valence-electron chi connectivity index (χ1n) is 3.56. The third kappa shape index (κ3) is 1.19. The number of aromatic nitrogens is 4. The number of nitrogens with one attached hydrogen (secondary N) is 2. The molecule has 0 spiro atoms. The Labute approximate surface area is 72.0 Å². The Morgan fingerprint density at radius 1 is 1.69 bits per heavy atom. The Balaban J connectivity index is 2.67. The lowest BCUT2D eigenvalue weighted by Gasteiger charge is -1.87. The predicted molar refractivity (Wildman–Crippen MR) is 41.8 cm³/mol. The van der Waals surface area contributed by atoms with Gasteiger partial charge in [-0.25, -0.2) is 4.98 Å². The van der Waals surface area contributed by atoms with Crippen LogP contribution >= 0.6 is 0 Å². The van der Waals surface area contributed by atoms with Crippen LogP contribution in [-0.2, 0) is 0 Å². The van der Waals surface area contributed by atoms with Gasteiger partial charge >= 0.3 is 11.6 Å². The zero-order valence-corrected chi connectivity index (χ0v) is 6.74. The molecule has 0 atom stereocenters. The maximum absolute atomic E-state index is 10.3. The third-order valence-corrected chi connectivity index (χ3v) is 1.57. The van der Waals surface area contributed by atoms with Gasteiger partial charge < -0.3 is 10.1 Å². The van der Waals surface area contributed by atoms with Gasteiger partial charge in [-0.2, -0.15) is 0 Å². The number of aryl methyl sites for hydroxylation is 1. The van der Waals surface area contributed by atoms with Crippen molar-refractivity contribution in [3.05, 3.63) is 22.1 Å². The predicted octanol–water partition coefficient (Wildman–Crippen LogP) is -0.0114. The number of rotatable bonds is 1. The fourth-order valence-electron chi connectivity index (χ4n) is 1.06. The van der Waals surface area contributed by atoms with E-state index in [0.717, 1.165) is 5.82 Å². The fourth-order valence-corrected chi connectivity index (χ4v) is 1.06. The van der Waals surface area contributed by atoms with Crippen molar-refractivity contribution in [2.45, 2.75) is 6.92 Å². The minimum absolute atomic E-state index is 0.400. The zero-order chi connectivity index (χ0) is 9.42. The summed E-state index contributed by atoms with van der Waals surface area (Å²) < 4.78 is 0. The number of nitro groups is 1. The van der Waals surface area contributed by atoms with Gasteiger partial charge in [-0.1, -0.05) is 4.98 Å². The zero-order valence-electron chi connectivity index (χ0n) is 6.74. The highest BCUT2D eigenvalue weighted by Crippen LogP contribution is 2.07. The third-order valence-electron chi connectivity index (χ3n) is 1.57. The first kappa shape index (κ1) is 7.59. The Morgan fingerprint density at radius 2 is 2.46 bits per heavy atom. The van der Waals surface area contributed by atoms with Crippen molar-refractivity contribution in [1.82, 2.24) is 15.0 Å². The van der Waals surface area contributed by atoms with Gasteiger partial charge in [0.2, 0.25) is 5.52 Å². The molecular formula is C6H6N5O2+. The smallest absolute Gasteiger partial charge is 0.390 e. The largest absolute Gasteiger partial charge is 0.472 e. The summed E-state index contributed by atoms with van der Waals surface area (Å²) in [6, 6.07) is 0. The standard InChI is InChI=1S/C6H5N5O2/c1-3-8-4-2-7-6(11(12)13)10-5(4)9-3/h2H,1H3,(H,7,8,9,10)/p+1. The molecule has 2 rings (SSSR count). The lowest BCUT2D eigenvalue weighted by molar-refractivity contribution is -0.396. The molecule has 7 nitrogen and oxygen atoms in total. The summed E-state index contributed by atoms with van der Waals surface area (Å²) in [7, 11) is 0. The summed E-state index contributed by atoms with van der Waals surface area (Å²) in [6.07, 6.45) is 1.38. The van der Waals surface area contributed by atoms with Crippen LogP contribution in [0.25, 0.3) is 11.2 Å². The SMILES string of the molecule is Cc1[nH]c2cnc([N+](=O)[O-])nc2[nH+]1. The van der Waals surface area contributed by atoms with E-state index in [4.69, 9.17) is 0 Å². The second-order valence-corrected chi connectivity index (χ2v) is 2.56. The normalized spacial score (nSPS) is 10.5. The molecule has 2 heterocycles. The highest BCUT2D eigenvalue weighted by Gasteiger charge is 2.15. The van der Waals surface area contributed by atoms with Crippen LogP contribution in [0.1, 0.15) is 5.82 Å². The lowest BCUT2D eigenvalue weighted by atomic mass is 10.6. The minimum Gasteiger partial charge on any atom is -0.390 e. The van der Waals surface area contributed by atoms with Crippen molar-refractivity contribution in [3.8, 4) is 0 Å². The lowest BCUT2D eigenvalue weighted by Crippen LogP contribution is -2.05. The molecule has 0 saturated carbocycles. The second-order valence-electron chi connectivity index (χ2n) is 2.56. The van der Waals surface area contributed by atoms with Crippen LogP contribution in [0.3, 0.4) is 0 Å². The van der Waals surface area contributed by atoms with Gasteiger partial charge in [0.25, 0.3) is 0 Å². The van der Waals surface area contributed by atoms with E-state index in [1.54, 1.807) is 6.92 Å². The molecular weight excluding hydrogens is 174 g/mol. The number of fused-ring (bicyclic) bond motifs is 1. The number of H-pyrrole nitrogens is 2. The maximum atomic E-state index is 10.3. The summed E-state index contributed by atoms with van der Waals surface area (Å²) in [5.74, 6) is 0.382. The van der Waals surface area contributed by atoms with Crippen molar-refractivity contribution >= 4 is 17.1 Å². The topological polar surface area (TPSA) is 98.8 Å². The van der Waals surface area contributed by atoms with Crippen molar-refractivity contribution in [2.24, 2.45) is 0 Å². The molecule has 0 aliphatic carbocycles. The molecule has 66 valence electrons. The molecule has 0 aliphatic rings. The summed E-state index contributed by atoms with van der Waals surface area (Å²) in [6.45, 7) is 1.80. The molecule has 0 aromatic carbocycles. The Bertz CT molecular complexity index is 477. The molecule has 0 unspecified atom stereocenters. The Hall–Kier alpha value is -2.05. The number of aromatic amines is 2. The van der Waals surface area contributed by atoms with Gasteiger partial charge in [-0.3, -0.25) is 4.98 Å². The molecule has 0 aliphatic heterocycles. The van der Waals surface area contributed by atoms with Gasteiger partial charge in [0.05, 0.1) is 0 Å². The van der Waals surface area contributed by atoms with Gasteiger partial charge in [-0.15, -0.1) is 0 Å². The number of imidazole rings is 1. The first-order valence-corrected chi connectivity index (χ1v) is 3.56. The fraction of sp³-hybridized carbons (Fsp3) is 0.167. The Kier molecular flexibility index (Phi) is 1.44. The molecule has 13 heavy (non-hydrogen) atoms. The summed E-state index contributed by atoms with van der Waals surface area (Å²) in [4.78, 5) is 22.7. The van der Waals surface area contributed by atoms with Gasteiger partial charge in [0.15, 0.2) is 12.0 Å². The Morgan fingerprint density at radius 3 is 3.15 bits per heavy atom. The molecule has 0 saturated heterocycles. The second kappa shape index (κ2) is 2.47. The van der Waals surface area contributed by atoms with E-state index in [-0.39, 0.29) is 0 Å². The molecule has 0 amide bonds.